The molecule has 0 bridgehead atoms. The molecule has 1 aromatic carbocycles. The van der Waals surface area contributed by atoms with Gasteiger partial charge in [0.2, 0.25) is 5.91 Å². The molecule has 0 fully saturated rings. The largest absolute Gasteiger partial charge is 0.355 e. The normalized spacial score (nSPS) is 16.7. The van der Waals surface area contributed by atoms with Crippen LogP contribution in [0.25, 0.3) is 0 Å². The molecule has 1 aliphatic rings. The highest BCUT2D eigenvalue weighted by atomic mass is 16.1. The van der Waals surface area contributed by atoms with Crippen molar-refractivity contribution in [1.82, 2.24) is 10.2 Å². The number of benzene rings is 1. The van der Waals surface area contributed by atoms with E-state index >= 15 is 0 Å². The van der Waals surface area contributed by atoms with Gasteiger partial charge in [0.25, 0.3) is 0 Å². The van der Waals surface area contributed by atoms with Gasteiger partial charge in [-0.1, -0.05) is 24.3 Å². The van der Waals surface area contributed by atoms with E-state index in [-0.39, 0.29) is 11.9 Å². The Labute approximate surface area is 115 Å². The van der Waals surface area contributed by atoms with Gasteiger partial charge in [0, 0.05) is 38.6 Å². The Morgan fingerprint density at radius 2 is 2.16 bits per heavy atom. The van der Waals surface area contributed by atoms with Crippen LogP contribution in [0.3, 0.4) is 0 Å². The van der Waals surface area contributed by atoms with E-state index in [9.17, 15) is 4.79 Å². The van der Waals surface area contributed by atoms with Crippen LogP contribution >= 0.6 is 0 Å². The number of rotatable bonds is 5. The highest BCUT2D eigenvalue weighted by Crippen LogP contribution is 2.17. The first-order valence-electron chi connectivity index (χ1n) is 6.96. The lowest BCUT2D eigenvalue weighted by Crippen LogP contribution is -2.38. The van der Waals surface area contributed by atoms with Crippen LogP contribution in [0, 0.1) is 0 Å². The molecular formula is C15H23N3O. The van der Waals surface area contributed by atoms with Gasteiger partial charge >= 0.3 is 0 Å². The number of fused-ring (bicyclic) bond motifs is 1. The molecule has 0 aliphatic carbocycles. The van der Waals surface area contributed by atoms with Crippen molar-refractivity contribution in [3.63, 3.8) is 0 Å². The maximum atomic E-state index is 11.5. The van der Waals surface area contributed by atoms with E-state index in [0.29, 0.717) is 13.0 Å². The van der Waals surface area contributed by atoms with Gasteiger partial charge in [-0.3, -0.25) is 9.69 Å². The smallest absolute Gasteiger partial charge is 0.221 e. The van der Waals surface area contributed by atoms with Gasteiger partial charge in [0.05, 0.1) is 0 Å². The Balaban J connectivity index is 1.73. The van der Waals surface area contributed by atoms with Gasteiger partial charge in [0.15, 0.2) is 0 Å². The molecule has 1 heterocycles. The molecule has 1 aliphatic heterocycles. The van der Waals surface area contributed by atoms with Crippen LogP contribution in [-0.2, 0) is 17.8 Å². The van der Waals surface area contributed by atoms with E-state index in [1.54, 1.807) is 0 Å². The molecule has 1 atom stereocenters. The number of carbonyl (C=O) groups is 1. The third-order valence-corrected chi connectivity index (χ3v) is 3.47. The lowest BCUT2D eigenvalue weighted by Gasteiger charge is -2.28. The predicted molar refractivity (Wildman–Crippen MR) is 76.7 cm³/mol. The molecule has 3 N–H and O–H groups in total. The minimum Gasteiger partial charge on any atom is -0.355 e. The summed E-state index contributed by atoms with van der Waals surface area (Å²) in [5.74, 6) is 0.0485. The number of hydrogen-bond acceptors (Lipinski definition) is 3. The maximum absolute atomic E-state index is 11.5. The molecule has 104 valence electrons. The summed E-state index contributed by atoms with van der Waals surface area (Å²) in [7, 11) is 0. The fraction of sp³-hybridized carbons (Fsp3) is 0.533. The molecule has 0 aromatic heterocycles. The zero-order chi connectivity index (χ0) is 13.7. The Kier molecular flexibility index (Phi) is 4.93. The number of hydrogen-bond donors (Lipinski definition) is 2. The third kappa shape index (κ3) is 4.33. The quantitative estimate of drug-likeness (QED) is 0.828. The van der Waals surface area contributed by atoms with Crippen LogP contribution in [0.2, 0.25) is 0 Å². The van der Waals surface area contributed by atoms with E-state index in [1.807, 2.05) is 6.92 Å². The van der Waals surface area contributed by atoms with E-state index in [2.05, 4.69) is 34.5 Å². The third-order valence-electron chi connectivity index (χ3n) is 3.47. The minimum atomic E-state index is -0.0677. The van der Waals surface area contributed by atoms with Gasteiger partial charge in [-0.2, -0.15) is 0 Å². The first-order valence-corrected chi connectivity index (χ1v) is 6.96. The average molecular weight is 261 g/mol. The molecule has 0 spiro atoms. The molecule has 1 amide bonds. The Morgan fingerprint density at radius 3 is 2.89 bits per heavy atom. The second-order valence-corrected chi connectivity index (χ2v) is 5.33. The van der Waals surface area contributed by atoms with Crippen LogP contribution in [-0.4, -0.2) is 36.5 Å². The molecule has 0 saturated carbocycles. The molecule has 0 radical (unpaired) electrons. The average Bonchev–Trinajstić information content (AvgIpc) is 2.37. The molecule has 4 nitrogen and oxygen atoms in total. The second-order valence-electron chi connectivity index (χ2n) is 5.33. The van der Waals surface area contributed by atoms with E-state index < -0.39 is 0 Å². The Morgan fingerprint density at radius 1 is 1.42 bits per heavy atom. The topological polar surface area (TPSA) is 58.4 Å². The summed E-state index contributed by atoms with van der Waals surface area (Å²) in [4.78, 5) is 13.9. The van der Waals surface area contributed by atoms with Crippen molar-refractivity contribution >= 4 is 5.91 Å². The SMILES string of the molecule is CC(N)CC(=O)NCCN1CCc2ccccc2C1. The molecule has 1 aromatic rings. The first kappa shape index (κ1) is 14.0. The van der Waals surface area contributed by atoms with Gasteiger partial charge in [-0.25, -0.2) is 0 Å². The van der Waals surface area contributed by atoms with Crippen LogP contribution in [0.15, 0.2) is 24.3 Å². The first-order chi connectivity index (χ1) is 9.15. The second kappa shape index (κ2) is 6.68. The highest BCUT2D eigenvalue weighted by Gasteiger charge is 2.15. The van der Waals surface area contributed by atoms with Crippen molar-refractivity contribution in [2.45, 2.75) is 32.4 Å². The van der Waals surface area contributed by atoms with Crippen molar-refractivity contribution in [2.75, 3.05) is 19.6 Å². The number of nitrogens with one attached hydrogen (secondary N) is 1. The Hall–Kier alpha value is -1.39. The zero-order valence-corrected chi connectivity index (χ0v) is 11.6. The highest BCUT2D eigenvalue weighted by molar-refractivity contribution is 5.76. The number of carbonyl (C=O) groups excluding carboxylic acids is 1. The lowest BCUT2D eigenvalue weighted by atomic mass is 10.00. The molecular weight excluding hydrogens is 238 g/mol. The molecule has 2 rings (SSSR count). The lowest BCUT2D eigenvalue weighted by molar-refractivity contribution is -0.121. The van der Waals surface area contributed by atoms with Crippen LogP contribution in [0.1, 0.15) is 24.5 Å². The molecule has 1 unspecified atom stereocenters. The van der Waals surface area contributed by atoms with Crippen molar-refractivity contribution < 1.29 is 4.79 Å². The fourth-order valence-electron chi connectivity index (χ4n) is 2.46. The summed E-state index contributed by atoms with van der Waals surface area (Å²) in [6.45, 7) is 5.51. The van der Waals surface area contributed by atoms with E-state index in [4.69, 9.17) is 5.73 Å². The van der Waals surface area contributed by atoms with E-state index in [0.717, 1.165) is 26.1 Å². The van der Waals surface area contributed by atoms with Crippen molar-refractivity contribution in [3.8, 4) is 0 Å². The van der Waals surface area contributed by atoms with E-state index in [1.165, 1.54) is 11.1 Å². The fourth-order valence-corrected chi connectivity index (χ4v) is 2.46. The summed E-state index contributed by atoms with van der Waals surface area (Å²) >= 11 is 0. The van der Waals surface area contributed by atoms with Crippen molar-refractivity contribution in [1.29, 1.82) is 0 Å². The monoisotopic (exact) mass is 261 g/mol. The Bertz CT molecular complexity index is 431. The van der Waals surface area contributed by atoms with Gasteiger partial charge < -0.3 is 11.1 Å². The summed E-state index contributed by atoms with van der Waals surface area (Å²) in [6, 6.07) is 8.52. The van der Waals surface area contributed by atoms with Gasteiger partial charge in [0.1, 0.15) is 0 Å². The van der Waals surface area contributed by atoms with Gasteiger partial charge in [-0.05, 0) is 24.5 Å². The predicted octanol–water partition coefficient (Wildman–Crippen LogP) is 0.898. The summed E-state index contributed by atoms with van der Waals surface area (Å²) in [5, 5.41) is 2.92. The molecule has 19 heavy (non-hydrogen) atoms. The number of amides is 1. The summed E-state index contributed by atoms with van der Waals surface area (Å²) in [6.07, 6.45) is 1.51. The number of nitrogens with two attached hydrogens (primary N) is 1. The zero-order valence-electron chi connectivity index (χ0n) is 11.6. The minimum absolute atomic E-state index is 0.0485. The van der Waals surface area contributed by atoms with Crippen molar-refractivity contribution in [3.05, 3.63) is 35.4 Å². The van der Waals surface area contributed by atoms with Crippen LogP contribution < -0.4 is 11.1 Å². The van der Waals surface area contributed by atoms with Crippen molar-refractivity contribution in [2.24, 2.45) is 5.73 Å². The molecule has 4 heteroatoms. The van der Waals surface area contributed by atoms with Crippen LogP contribution in [0.4, 0.5) is 0 Å². The summed E-state index contributed by atoms with van der Waals surface area (Å²) < 4.78 is 0. The summed E-state index contributed by atoms with van der Waals surface area (Å²) in [5.41, 5.74) is 8.46. The molecule has 0 saturated heterocycles. The standard InChI is InChI=1S/C15H23N3O/c1-12(16)10-15(19)17-7-9-18-8-6-13-4-2-3-5-14(13)11-18/h2-5,12H,6-11,16H2,1H3,(H,17,19). The maximum Gasteiger partial charge on any atom is 0.221 e. The van der Waals surface area contributed by atoms with Gasteiger partial charge in [-0.15, -0.1) is 0 Å². The number of nitrogens with zero attached hydrogens (tertiary/aromatic N) is 1. The van der Waals surface area contributed by atoms with Crippen LogP contribution in [0.5, 0.6) is 0 Å².